The molecule has 6 heteroatoms. The number of methoxy groups -OCH3 is 1. The molecule has 2 heterocycles. The first kappa shape index (κ1) is 19.2. The largest absolute Gasteiger partial charge is 0.507 e. The van der Waals surface area contributed by atoms with E-state index in [1.165, 1.54) is 4.90 Å². The van der Waals surface area contributed by atoms with E-state index in [4.69, 9.17) is 9.47 Å². The van der Waals surface area contributed by atoms with Crippen LogP contribution in [0.5, 0.6) is 5.75 Å². The molecule has 150 valence electrons. The highest BCUT2D eigenvalue weighted by molar-refractivity contribution is 6.46. The number of hydrogen-bond donors (Lipinski definition) is 1. The van der Waals surface area contributed by atoms with Gasteiger partial charge in [-0.15, -0.1) is 0 Å². The summed E-state index contributed by atoms with van der Waals surface area (Å²) in [6.07, 6.45) is 1.66. The summed E-state index contributed by atoms with van der Waals surface area (Å²) in [6.45, 7) is 0.959. The number of aliphatic hydroxyl groups excluding tert-OH is 1. The standard InChI is InChI=1S/C23H23NO5/c1-28-17-10-5-9-16(13-17)20-19(21(25)15-7-3-2-4-8-15)22(26)23(27)24(20)14-18-11-6-12-29-18/h2-5,7-10,13,18,20,25H,6,11-12,14H2,1H3. The molecule has 2 aliphatic heterocycles. The summed E-state index contributed by atoms with van der Waals surface area (Å²) in [5, 5.41) is 11.0. The Morgan fingerprint density at radius 3 is 2.66 bits per heavy atom. The number of likely N-dealkylation sites (tertiary alicyclic amines) is 1. The van der Waals surface area contributed by atoms with Crippen molar-refractivity contribution < 1.29 is 24.2 Å². The summed E-state index contributed by atoms with van der Waals surface area (Å²) < 4.78 is 11.0. The van der Waals surface area contributed by atoms with Crippen LogP contribution in [0.4, 0.5) is 0 Å². The lowest BCUT2D eigenvalue weighted by Gasteiger charge is -2.27. The number of ether oxygens (including phenoxy) is 2. The molecule has 0 radical (unpaired) electrons. The van der Waals surface area contributed by atoms with Crippen LogP contribution in [0.15, 0.2) is 60.2 Å². The molecule has 29 heavy (non-hydrogen) atoms. The highest BCUT2D eigenvalue weighted by Crippen LogP contribution is 2.40. The van der Waals surface area contributed by atoms with E-state index in [1.54, 1.807) is 43.5 Å². The second-order valence-corrected chi connectivity index (χ2v) is 7.23. The van der Waals surface area contributed by atoms with Gasteiger partial charge in [-0.05, 0) is 30.5 Å². The topological polar surface area (TPSA) is 76.1 Å². The van der Waals surface area contributed by atoms with Gasteiger partial charge >= 0.3 is 0 Å². The number of carbonyl (C=O) groups is 2. The van der Waals surface area contributed by atoms with Gasteiger partial charge in [-0.1, -0.05) is 42.5 Å². The van der Waals surface area contributed by atoms with Crippen molar-refractivity contribution in [1.29, 1.82) is 0 Å². The van der Waals surface area contributed by atoms with Crippen molar-refractivity contribution in [1.82, 2.24) is 4.90 Å². The number of aliphatic hydroxyl groups is 1. The molecule has 1 amide bonds. The van der Waals surface area contributed by atoms with Gasteiger partial charge in [-0.25, -0.2) is 0 Å². The Kier molecular flexibility index (Phi) is 5.36. The minimum atomic E-state index is -0.700. The molecule has 2 aromatic carbocycles. The molecular formula is C23H23NO5. The van der Waals surface area contributed by atoms with Crippen LogP contribution in [0, 0.1) is 0 Å². The van der Waals surface area contributed by atoms with Crippen molar-refractivity contribution >= 4 is 17.4 Å². The third kappa shape index (κ3) is 3.63. The van der Waals surface area contributed by atoms with Crippen LogP contribution in [0.25, 0.3) is 5.76 Å². The first-order valence-electron chi connectivity index (χ1n) is 9.69. The lowest BCUT2D eigenvalue weighted by atomic mass is 9.95. The Morgan fingerprint density at radius 1 is 1.17 bits per heavy atom. The van der Waals surface area contributed by atoms with Crippen molar-refractivity contribution in [3.63, 3.8) is 0 Å². The van der Waals surface area contributed by atoms with E-state index in [1.807, 2.05) is 18.2 Å². The van der Waals surface area contributed by atoms with Crippen LogP contribution in [-0.4, -0.2) is 48.1 Å². The van der Waals surface area contributed by atoms with E-state index in [9.17, 15) is 14.7 Å². The molecule has 0 spiro atoms. The Labute approximate surface area is 169 Å². The highest BCUT2D eigenvalue weighted by atomic mass is 16.5. The van der Waals surface area contributed by atoms with E-state index >= 15 is 0 Å². The summed E-state index contributed by atoms with van der Waals surface area (Å²) >= 11 is 0. The molecule has 0 aliphatic carbocycles. The monoisotopic (exact) mass is 393 g/mol. The number of ketones is 1. The maximum absolute atomic E-state index is 13.0. The molecule has 1 N–H and O–H groups in total. The number of amides is 1. The van der Waals surface area contributed by atoms with E-state index < -0.39 is 17.7 Å². The molecule has 2 atom stereocenters. The number of benzene rings is 2. The molecule has 0 aromatic heterocycles. The predicted molar refractivity (Wildman–Crippen MR) is 107 cm³/mol. The third-order valence-electron chi connectivity index (χ3n) is 5.42. The Balaban J connectivity index is 1.83. The summed E-state index contributed by atoms with van der Waals surface area (Å²) in [5.41, 5.74) is 1.29. The van der Waals surface area contributed by atoms with Crippen molar-refractivity contribution in [3.8, 4) is 5.75 Å². The quantitative estimate of drug-likeness (QED) is 0.479. The zero-order valence-electron chi connectivity index (χ0n) is 16.2. The summed E-state index contributed by atoms with van der Waals surface area (Å²) in [7, 11) is 1.56. The van der Waals surface area contributed by atoms with E-state index in [0.29, 0.717) is 30.0 Å². The molecule has 2 aromatic rings. The molecular weight excluding hydrogens is 370 g/mol. The Hall–Kier alpha value is -3.12. The Morgan fingerprint density at radius 2 is 1.97 bits per heavy atom. The SMILES string of the molecule is COc1cccc(C2C(=C(O)c3ccccc3)C(=O)C(=O)N2CC2CCCO2)c1. The van der Waals surface area contributed by atoms with Gasteiger partial charge in [-0.2, -0.15) is 0 Å². The van der Waals surface area contributed by atoms with Gasteiger partial charge < -0.3 is 19.5 Å². The van der Waals surface area contributed by atoms with Gasteiger partial charge in [0.1, 0.15) is 11.5 Å². The van der Waals surface area contributed by atoms with Crippen molar-refractivity contribution in [2.24, 2.45) is 0 Å². The van der Waals surface area contributed by atoms with Crippen LogP contribution in [0.3, 0.4) is 0 Å². The number of hydrogen-bond acceptors (Lipinski definition) is 5. The maximum atomic E-state index is 13.0. The number of carbonyl (C=O) groups excluding carboxylic acids is 2. The van der Waals surface area contributed by atoms with Gasteiger partial charge in [0.15, 0.2) is 0 Å². The molecule has 2 fully saturated rings. The average molecular weight is 393 g/mol. The average Bonchev–Trinajstić information content (AvgIpc) is 3.36. The smallest absolute Gasteiger partial charge is 0.295 e. The van der Waals surface area contributed by atoms with Crippen LogP contribution in [-0.2, 0) is 14.3 Å². The molecule has 4 rings (SSSR count). The van der Waals surface area contributed by atoms with E-state index in [-0.39, 0.29) is 17.4 Å². The second-order valence-electron chi connectivity index (χ2n) is 7.23. The van der Waals surface area contributed by atoms with E-state index in [2.05, 4.69) is 0 Å². The van der Waals surface area contributed by atoms with Gasteiger partial charge in [0.05, 0.1) is 24.8 Å². The fourth-order valence-corrected chi connectivity index (χ4v) is 3.99. The van der Waals surface area contributed by atoms with Crippen molar-refractivity contribution in [3.05, 3.63) is 71.3 Å². The number of nitrogens with zero attached hydrogens (tertiary/aromatic N) is 1. The Bertz CT molecular complexity index is 947. The first-order valence-corrected chi connectivity index (χ1v) is 9.69. The molecule has 0 bridgehead atoms. The normalized spacial score (nSPS) is 23.6. The molecule has 6 nitrogen and oxygen atoms in total. The fourth-order valence-electron chi connectivity index (χ4n) is 3.99. The molecule has 2 unspecified atom stereocenters. The van der Waals surface area contributed by atoms with Crippen molar-refractivity contribution in [2.45, 2.75) is 25.0 Å². The van der Waals surface area contributed by atoms with Crippen LogP contribution >= 0.6 is 0 Å². The minimum Gasteiger partial charge on any atom is -0.507 e. The number of rotatable bonds is 5. The highest BCUT2D eigenvalue weighted by Gasteiger charge is 2.47. The summed E-state index contributed by atoms with van der Waals surface area (Å²) in [4.78, 5) is 27.4. The first-order chi connectivity index (χ1) is 14.1. The molecule has 0 saturated carbocycles. The fraction of sp³-hybridized carbons (Fsp3) is 0.304. The minimum absolute atomic E-state index is 0.0902. The molecule has 2 saturated heterocycles. The van der Waals surface area contributed by atoms with Gasteiger partial charge in [-0.3, -0.25) is 9.59 Å². The van der Waals surface area contributed by atoms with Crippen LogP contribution in [0.1, 0.15) is 30.0 Å². The summed E-state index contributed by atoms with van der Waals surface area (Å²) in [5.74, 6) is -0.862. The lowest BCUT2D eigenvalue weighted by Crippen LogP contribution is -2.36. The zero-order chi connectivity index (χ0) is 20.4. The van der Waals surface area contributed by atoms with Crippen LogP contribution in [0.2, 0.25) is 0 Å². The zero-order valence-corrected chi connectivity index (χ0v) is 16.2. The predicted octanol–water partition coefficient (Wildman–Crippen LogP) is 3.30. The second kappa shape index (κ2) is 8.09. The summed E-state index contributed by atoms with van der Waals surface area (Å²) in [6, 6.07) is 15.3. The molecule has 2 aliphatic rings. The van der Waals surface area contributed by atoms with E-state index in [0.717, 1.165) is 12.8 Å². The third-order valence-corrected chi connectivity index (χ3v) is 5.42. The number of Topliss-reactive ketones (excluding diaryl/α,β-unsaturated/α-hetero) is 1. The van der Waals surface area contributed by atoms with Crippen molar-refractivity contribution in [2.75, 3.05) is 20.3 Å². The maximum Gasteiger partial charge on any atom is 0.295 e. The van der Waals surface area contributed by atoms with Gasteiger partial charge in [0.25, 0.3) is 11.7 Å². The lowest BCUT2D eigenvalue weighted by molar-refractivity contribution is -0.140. The van der Waals surface area contributed by atoms with Gasteiger partial charge in [0, 0.05) is 18.7 Å². The van der Waals surface area contributed by atoms with Gasteiger partial charge in [0.2, 0.25) is 0 Å². The van der Waals surface area contributed by atoms with Crippen LogP contribution < -0.4 is 4.74 Å².